The van der Waals surface area contributed by atoms with Crippen molar-refractivity contribution in [1.82, 2.24) is 0 Å². The molecule has 14 heavy (non-hydrogen) atoms. The van der Waals surface area contributed by atoms with E-state index in [0.717, 1.165) is 18.2 Å². The van der Waals surface area contributed by atoms with Gasteiger partial charge in [-0.15, -0.1) is 0 Å². The van der Waals surface area contributed by atoms with Crippen LogP contribution in [0, 0.1) is 11.3 Å². The number of nitrogens with zero attached hydrogens (tertiary/aromatic N) is 1. The molecule has 0 radical (unpaired) electrons. The first-order valence-corrected chi connectivity index (χ1v) is 4.23. The monoisotopic (exact) mass is 219 g/mol. The quantitative estimate of drug-likeness (QED) is 0.738. The number of benzene rings is 1. The Balaban J connectivity index is 2.97. The van der Waals surface area contributed by atoms with E-state index in [0.29, 0.717) is 0 Å². The van der Waals surface area contributed by atoms with Gasteiger partial charge in [-0.3, -0.25) is 0 Å². The summed E-state index contributed by atoms with van der Waals surface area (Å²) in [5, 5.41) is 17.5. The van der Waals surface area contributed by atoms with Gasteiger partial charge >= 0.3 is 5.51 Å². The number of phenolic OH excluding ortho intramolecular Hbond substituents is 1. The van der Waals surface area contributed by atoms with Gasteiger partial charge in [0.05, 0.1) is 5.56 Å². The molecule has 74 valence electrons. The zero-order chi connectivity index (χ0) is 10.8. The van der Waals surface area contributed by atoms with E-state index in [2.05, 4.69) is 0 Å². The average molecular weight is 219 g/mol. The Morgan fingerprint density at radius 1 is 1.36 bits per heavy atom. The van der Waals surface area contributed by atoms with E-state index in [1.807, 2.05) is 0 Å². The molecular formula is C8H4F3NOS. The van der Waals surface area contributed by atoms with Crippen molar-refractivity contribution in [3.05, 3.63) is 23.8 Å². The number of halogens is 3. The molecule has 0 aliphatic carbocycles. The highest BCUT2D eigenvalue weighted by molar-refractivity contribution is 8.00. The van der Waals surface area contributed by atoms with Crippen LogP contribution in [0.15, 0.2) is 23.1 Å². The topological polar surface area (TPSA) is 44.0 Å². The Labute approximate surface area is 82.0 Å². The van der Waals surface area contributed by atoms with E-state index >= 15 is 0 Å². The summed E-state index contributed by atoms with van der Waals surface area (Å²) in [6.45, 7) is 0. The van der Waals surface area contributed by atoms with Gasteiger partial charge in [0.2, 0.25) is 0 Å². The van der Waals surface area contributed by atoms with Crippen LogP contribution in [-0.2, 0) is 0 Å². The Morgan fingerprint density at radius 2 is 2.00 bits per heavy atom. The van der Waals surface area contributed by atoms with Gasteiger partial charge in [0.25, 0.3) is 0 Å². The SMILES string of the molecule is N#Cc1cc(SC(F)(F)F)ccc1O. The molecule has 1 rings (SSSR count). The van der Waals surface area contributed by atoms with E-state index in [9.17, 15) is 13.2 Å². The zero-order valence-electron chi connectivity index (χ0n) is 6.67. The molecule has 0 unspecified atom stereocenters. The lowest BCUT2D eigenvalue weighted by molar-refractivity contribution is -0.0328. The molecule has 0 saturated carbocycles. The number of nitriles is 1. The first-order chi connectivity index (χ1) is 6.42. The minimum atomic E-state index is -4.39. The first-order valence-electron chi connectivity index (χ1n) is 3.41. The highest BCUT2D eigenvalue weighted by Crippen LogP contribution is 2.37. The molecule has 0 aromatic heterocycles. The molecule has 0 atom stereocenters. The lowest BCUT2D eigenvalue weighted by Crippen LogP contribution is -1.98. The highest BCUT2D eigenvalue weighted by Gasteiger charge is 2.29. The average Bonchev–Trinajstić information content (AvgIpc) is 2.06. The zero-order valence-corrected chi connectivity index (χ0v) is 7.49. The van der Waals surface area contributed by atoms with Crippen molar-refractivity contribution in [2.75, 3.05) is 0 Å². The van der Waals surface area contributed by atoms with Crippen molar-refractivity contribution in [2.45, 2.75) is 10.4 Å². The fourth-order valence-electron chi connectivity index (χ4n) is 0.802. The minimum Gasteiger partial charge on any atom is -0.507 e. The maximum atomic E-state index is 11.9. The van der Waals surface area contributed by atoms with E-state index < -0.39 is 5.51 Å². The third-order valence-electron chi connectivity index (χ3n) is 1.32. The number of aromatic hydroxyl groups is 1. The number of thioether (sulfide) groups is 1. The predicted molar refractivity (Wildman–Crippen MR) is 44.7 cm³/mol. The van der Waals surface area contributed by atoms with Crippen LogP contribution in [-0.4, -0.2) is 10.6 Å². The van der Waals surface area contributed by atoms with Crippen molar-refractivity contribution < 1.29 is 18.3 Å². The van der Waals surface area contributed by atoms with Crippen molar-refractivity contribution in [3.8, 4) is 11.8 Å². The third-order valence-corrected chi connectivity index (χ3v) is 2.04. The second-order valence-corrected chi connectivity index (χ2v) is 3.48. The third kappa shape index (κ3) is 2.85. The van der Waals surface area contributed by atoms with Crippen LogP contribution < -0.4 is 0 Å². The molecular weight excluding hydrogens is 215 g/mol. The molecule has 0 saturated heterocycles. The lowest BCUT2D eigenvalue weighted by Gasteiger charge is -2.05. The van der Waals surface area contributed by atoms with E-state index in [4.69, 9.17) is 10.4 Å². The second kappa shape index (κ2) is 3.80. The molecule has 6 heteroatoms. The molecule has 0 spiro atoms. The van der Waals surface area contributed by atoms with Gasteiger partial charge in [-0.05, 0) is 30.0 Å². The van der Waals surface area contributed by atoms with Crippen LogP contribution in [0.4, 0.5) is 13.2 Å². The second-order valence-electron chi connectivity index (χ2n) is 2.34. The fourth-order valence-corrected chi connectivity index (χ4v) is 1.38. The summed E-state index contributed by atoms with van der Waals surface area (Å²) >= 11 is -0.323. The number of hydrogen-bond acceptors (Lipinski definition) is 3. The van der Waals surface area contributed by atoms with Crippen molar-refractivity contribution >= 4 is 11.8 Å². The standard InChI is InChI=1S/C8H4F3NOS/c9-8(10,11)14-6-1-2-7(13)5(3-6)4-12/h1-3,13H. The Morgan fingerprint density at radius 3 is 2.50 bits per heavy atom. The van der Waals surface area contributed by atoms with Crippen LogP contribution in [0.2, 0.25) is 0 Å². The summed E-state index contributed by atoms with van der Waals surface area (Å²) in [5.41, 5.74) is -4.55. The largest absolute Gasteiger partial charge is 0.507 e. The fraction of sp³-hybridized carbons (Fsp3) is 0.125. The summed E-state index contributed by atoms with van der Waals surface area (Å²) in [6.07, 6.45) is 0. The summed E-state index contributed by atoms with van der Waals surface area (Å²) in [5.74, 6) is -0.320. The summed E-state index contributed by atoms with van der Waals surface area (Å²) in [4.78, 5) is -0.119. The van der Waals surface area contributed by atoms with Gasteiger partial charge in [0.15, 0.2) is 0 Å². The predicted octanol–water partition coefficient (Wildman–Crippen LogP) is 2.88. The van der Waals surface area contributed by atoms with Gasteiger partial charge in [0, 0.05) is 4.90 Å². The van der Waals surface area contributed by atoms with Crippen LogP contribution in [0.5, 0.6) is 5.75 Å². The Hall–Kier alpha value is -1.35. The number of phenols is 1. The summed E-state index contributed by atoms with van der Waals surface area (Å²) in [6, 6.07) is 4.75. The molecule has 0 aliphatic heterocycles. The van der Waals surface area contributed by atoms with Gasteiger partial charge in [-0.1, -0.05) is 0 Å². The molecule has 2 nitrogen and oxygen atoms in total. The van der Waals surface area contributed by atoms with E-state index in [1.165, 1.54) is 0 Å². The highest BCUT2D eigenvalue weighted by atomic mass is 32.2. The molecule has 0 heterocycles. The van der Waals surface area contributed by atoms with Crippen molar-refractivity contribution in [1.29, 1.82) is 5.26 Å². The summed E-state index contributed by atoms with van der Waals surface area (Å²) < 4.78 is 35.7. The number of alkyl halides is 3. The van der Waals surface area contributed by atoms with Crippen LogP contribution in [0.25, 0.3) is 0 Å². The van der Waals surface area contributed by atoms with Crippen LogP contribution >= 0.6 is 11.8 Å². The molecule has 1 aromatic carbocycles. The van der Waals surface area contributed by atoms with Crippen LogP contribution in [0.1, 0.15) is 5.56 Å². The molecule has 0 bridgehead atoms. The van der Waals surface area contributed by atoms with Crippen LogP contribution in [0.3, 0.4) is 0 Å². The van der Waals surface area contributed by atoms with Crippen molar-refractivity contribution in [2.24, 2.45) is 0 Å². The van der Waals surface area contributed by atoms with Gasteiger partial charge in [-0.25, -0.2) is 0 Å². The maximum absolute atomic E-state index is 11.9. The maximum Gasteiger partial charge on any atom is 0.446 e. The van der Waals surface area contributed by atoms with Crippen molar-refractivity contribution in [3.63, 3.8) is 0 Å². The van der Waals surface area contributed by atoms with Gasteiger partial charge in [-0.2, -0.15) is 18.4 Å². The number of rotatable bonds is 1. The molecule has 1 N–H and O–H groups in total. The molecule has 0 fully saturated rings. The first kappa shape index (κ1) is 10.7. The minimum absolute atomic E-state index is 0.119. The lowest BCUT2D eigenvalue weighted by atomic mass is 10.2. The summed E-state index contributed by atoms with van der Waals surface area (Å²) in [7, 11) is 0. The Kier molecular flexibility index (Phi) is 2.91. The Bertz CT molecular complexity index is 383. The molecule has 0 amide bonds. The normalized spacial score (nSPS) is 11.0. The number of hydrogen-bond donors (Lipinski definition) is 1. The smallest absolute Gasteiger partial charge is 0.446 e. The van der Waals surface area contributed by atoms with E-state index in [1.54, 1.807) is 6.07 Å². The van der Waals surface area contributed by atoms with Gasteiger partial charge < -0.3 is 5.11 Å². The molecule has 1 aromatic rings. The van der Waals surface area contributed by atoms with Gasteiger partial charge in [0.1, 0.15) is 11.8 Å². The van der Waals surface area contributed by atoms with E-state index in [-0.39, 0.29) is 28.0 Å². The molecule has 0 aliphatic rings.